The van der Waals surface area contributed by atoms with Gasteiger partial charge in [-0.25, -0.2) is 9.97 Å². The molecule has 0 radical (unpaired) electrons. The Labute approximate surface area is 169 Å². The highest BCUT2D eigenvalue weighted by Gasteiger charge is 2.22. The first kappa shape index (κ1) is 22.4. The number of nitrogens with two attached hydrogens (primary N) is 1. The molecule has 0 aromatic carbocycles. The third-order valence-electron chi connectivity index (χ3n) is 4.50. The van der Waals surface area contributed by atoms with E-state index in [0.717, 1.165) is 55.8 Å². The maximum absolute atomic E-state index is 10.5. The molecule has 2 rings (SSSR count). The Balaban J connectivity index is 2.29. The molecular weight excluding hydrogens is 352 g/mol. The van der Waals surface area contributed by atoms with Crippen LogP contribution in [0.2, 0.25) is 0 Å². The Kier molecular flexibility index (Phi) is 7.28. The van der Waals surface area contributed by atoms with E-state index in [-0.39, 0.29) is 5.54 Å². The zero-order chi connectivity index (χ0) is 20.9. The van der Waals surface area contributed by atoms with Crippen LogP contribution in [0, 0.1) is 0 Å². The van der Waals surface area contributed by atoms with Crippen LogP contribution >= 0.6 is 0 Å². The van der Waals surface area contributed by atoms with E-state index >= 15 is 0 Å². The van der Waals surface area contributed by atoms with E-state index in [1.54, 1.807) is 6.20 Å². The lowest BCUT2D eigenvalue weighted by Gasteiger charge is -2.22. The predicted octanol–water partition coefficient (Wildman–Crippen LogP) is 3.32. The topological polar surface area (TPSA) is 101 Å². The van der Waals surface area contributed by atoms with Gasteiger partial charge < -0.3 is 26.0 Å². The molecule has 2 aromatic rings. The van der Waals surface area contributed by atoms with Crippen molar-refractivity contribution in [1.29, 1.82) is 0 Å². The summed E-state index contributed by atoms with van der Waals surface area (Å²) in [5.74, 6) is 1.39. The van der Waals surface area contributed by atoms with Gasteiger partial charge in [-0.15, -0.1) is 0 Å². The standard InChI is InChI=1S/C21H38N6O/c1-7-8-10-16-26-17-18(27(16)14-21(5,6)28)15(13-24-19(17)22)23-11-9-12-25-20(2,3)4/h13,23,25,28H,7-12,14H2,1-6H3,(H2,22,24). The Bertz CT molecular complexity index is 770. The van der Waals surface area contributed by atoms with E-state index in [1.165, 1.54) is 0 Å². The monoisotopic (exact) mass is 390 g/mol. The molecule has 0 unspecified atom stereocenters. The van der Waals surface area contributed by atoms with Crippen LogP contribution in [0.5, 0.6) is 0 Å². The first-order valence-electron chi connectivity index (χ1n) is 10.4. The molecule has 0 saturated heterocycles. The number of aromatic nitrogens is 3. The van der Waals surface area contributed by atoms with Crippen LogP contribution in [0.15, 0.2) is 6.20 Å². The average Bonchev–Trinajstić information content (AvgIpc) is 2.91. The molecule has 7 heteroatoms. The van der Waals surface area contributed by atoms with Gasteiger partial charge in [0.15, 0.2) is 5.82 Å². The number of nitrogen functional groups attached to an aromatic ring is 1. The summed E-state index contributed by atoms with van der Waals surface area (Å²) < 4.78 is 2.11. The number of imidazole rings is 1. The molecule has 5 N–H and O–H groups in total. The van der Waals surface area contributed by atoms with Crippen molar-refractivity contribution in [2.24, 2.45) is 0 Å². The van der Waals surface area contributed by atoms with E-state index in [2.05, 4.69) is 47.9 Å². The van der Waals surface area contributed by atoms with Crippen LogP contribution in [0.25, 0.3) is 11.0 Å². The van der Waals surface area contributed by atoms with Crippen molar-refractivity contribution in [3.8, 4) is 0 Å². The van der Waals surface area contributed by atoms with Crippen molar-refractivity contribution in [2.75, 3.05) is 24.1 Å². The molecule has 158 valence electrons. The van der Waals surface area contributed by atoms with Crippen molar-refractivity contribution in [3.63, 3.8) is 0 Å². The number of unbranched alkanes of at least 4 members (excludes halogenated alkanes) is 1. The fourth-order valence-electron chi connectivity index (χ4n) is 3.19. The lowest BCUT2D eigenvalue weighted by molar-refractivity contribution is 0.0618. The number of hydrogen-bond donors (Lipinski definition) is 4. The van der Waals surface area contributed by atoms with Gasteiger partial charge in [-0.2, -0.15) is 0 Å². The van der Waals surface area contributed by atoms with E-state index in [4.69, 9.17) is 10.7 Å². The van der Waals surface area contributed by atoms with Gasteiger partial charge in [0.1, 0.15) is 11.3 Å². The van der Waals surface area contributed by atoms with Gasteiger partial charge in [-0.1, -0.05) is 13.3 Å². The molecule has 0 aliphatic rings. The average molecular weight is 391 g/mol. The van der Waals surface area contributed by atoms with E-state index in [9.17, 15) is 5.11 Å². The Morgan fingerprint density at radius 1 is 1.14 bits per heavy atom. The van der Waals surface area contributed by atoms with E-state index in [1.807, 2.05) is 13.8 Å². The Hall–Kier alpha value is -1.86. The first-order valence-corrected chi connectivity index (χ1v) is 10.4. The van der Waals surface area contributed by atoms with Crippen molar-refractivity contribution < 1.29 is 5.11 Å². The predicted molar refractivity (Wildman–Crippen MR) is 118 cm³/mol. The van der Waals surface area contributed by atoms with Crippen LogP contribution in [0.3, 0.4) is 0 Å². The second-order valence-corrected chi connectivity index (χ2v) is 9.24. The minimum Gasteiger partial charge on any atom is -0.389 e. The molecule has 0 fully saturated rings. The zero-order valence-corrected chi connectivity index (χ0v) is 18.4. The fourth-order valence-corrected chi connectivity index (χ4v) is 3.19. The van der Waals surface area contributed by atoms with Crippen LogP contribution in [-0.2, 0) is 13.0 Å². The van der Waals surface area contributed by atoms with Crippen LogP contribution in [0.4, 0.5) is 11.5 Å². The highest BCUT2D eigenvalue weighted by molar-refractivity contribution is 5.94. The SMILES string of the molecule is CCCCc1nc2c(N)ncc(NCCCNC(C)(C)C)c2n1CC(C)(C)O. The molecule has 28 heavy (non-hydrogen) atoms. The molecular formula is C21H38N6O. The zero-order valence-electron chi connectivity index (χ0n) is 18.4. The molecule has 2 heterocycles. The molecule has 0 amide bonds. The highest BCUT2D eigenvalue weighted by Crippen LogP contribution is 2.29. The normalized spacial score (nSPS) is 12.7. The highest BCUT2D eigenvalue weighted by atomic mass is 16.3. The summed E-state index contributed by atoms with van der Waals surface area (Å²) in [7, 11) is 0. The minimum absolute atomic E-state index is 0.121. The number of fused-ring (bicyclic) bond motifs is 1. The van der Waals surface area contributed by atoms with Gasteiger partial charge in [-0.05, 0) is 54.0 Å². The Morgan fingerprint density at radius 3 is 2.46 bits per heavy atom. The number of pyridine rings is 1. The van der Waals surface area contributed by atoms with Gasteiger partial charge in [0.05, 0.1) is 29.5 Å². The maximum atomic E-state index is 10.5. The molecule has 0 bridgehead atoms. The lowest BCUT2D eigenvalue weighted by Crippen LogP contribution is -2.36. The van der Waals surface area contributed by atoms with E-state index in [0.29, 0.717) is 17.9 Å². The second kappa shape index (κ2) is 9.09. The summed E-state index contributed by atoms with van der Waals surface area (Å²) in [4.78, 5) is 9.12. The van der Waals surface area contributed by atoms with Crippen molar-refractivity contribution in [2.45, 2.75) is 84.9 Å². The fraction of sp³-hybridized carbons (Fsp3) is 0.714. The van der Waals surface area contributed by atoms with Gasteiger partial charge in [-0.3, -0.25) is 0 Å². The summed E-state index contributed by atoms with van der Waals surface area (Å²) in [5.41, 5.74) is 7.98. The molecule has 0 spiro atoms. The van der Waals surface area contributed by atoms with Gasteiger partial charge in [0, 0.05) is 18.5 Å². The summed E-state index contributed by atoms with van der Waals surface area (Å²) in [5, 5.41) is 17.5. The van der Waals surface area contributed by atoms with Crippen molar-refractivity contribution >= 4 is 22.5 Å². The number of aryl methyl sites for hydroxylation is 1. The smallest absolute Gasteiger partial charge is 0.151 e. The van der Waals surface area contributed by atoms with Crippen LogP contribution < -0.4 is 16.4 Å². The lowest BCUT2D eigenvalue weighted by atomic mass is 10.1. The van der Waals surface area contributed by atoms with Gasteiger partial charge in [0.2, 0.25) is 0 Å². The molecule has 0 aliphatic heterocycles. The summed E-state index contributed by atoms with van der Waals surface area (Å²) in [6, 6.07) is 0. The molecule has 2 aromatic heterocycles. The third kappa shape index (κ3) is 6.34. The van der Waals surface area contributed by atoms with Crippen molar-refractivity contribution in [1.82, 2.24) is 19.9 Å². The quantitative estimate of drug-likeness (QED) is 0.464. The summed E-state index contributed by atoms with van der Waals surface area (Å²) >= 11 is 0. The van der Waals surface area contributed by atoms with Crippen LogP contribution in [0.1, 0.15) is 66.6 Å². The molecule has 0 saturated carbocycles. The number of nitrogens with zero attached hydrogens (tertiary/aromatic N) is 3. The van der Waals surface area contributed by atoms with Crippen molar-refractivity contribution in [3.05, 3.63) is 12.0 Å². The number of aliphatic hydroxyl groups is 1. The molecule has 7 nitrogen and oxygen atoms in total. The molecule has 0 aliphatic carbocycles. The van der Waals surface area contributed by atoms with Gasteiger partial charge >= 0.3 is 0 Å². The maximum Gasteiger partial charge on any atom is 0.151 e. The number of hydrogen-bond acceptors (Lipinski definition) is 6. The van der Waals surface area contributed by atoms with Crippen LogP contribution in [-0.4, -0.2) is 43.9 Å². The number of rotatable bonds is 10. The molecule has 0 atom stereocenters. The minimum atomic E-state index is -0.847. The Morgan fingerprint density at radius 2 is 1.86 bits per heavy atom. The third-order valence-corrected chi connectivity index (χ3v) is 4.50. The summed E-state index contributed by atoms with van der Waals surface area (Å²) in [6.07, 6.45) is 5.76. The van der Waals surface area contributed by atoms with Gasteiger partial charge in [0.25, 0.3) is 0 Å². The first-order chi connectivity index (χ1) is 13.0. The largest absolute Gasteiger partial charge is 0.389 e. The second-order valence-electron chi connectivity index (χ2n) is 9.24. The summed E-state index contributed by atoms with van der Waals surface area (Å²) in [6.45, 7) is 14.5. The number of anilines is 2. The number of nitrogens with one attached hydrogen (secondary N) is 2. The van der Waals surface area contributed by atoms with E-state index < -0.39 is 5.60 Å².